The second-order valence-corrected chi connectivity index (χ2v) is 20.5. The lowest BCUT2D eigenvalue weighted by atomic mass is 9.88. The zero-order chi connectivity index (χ0) is 58.6. The van der Waals surface area contributed by atoms with Crippen LogP contribution in [0.25, 0.3) is 77.9 Å². The fourth-order valence-electron chi connectivity index (χ4n) is 8.95. The molecule has 410 valence electrons. The van der Waals surface area contributed by atoms with Crippen LogP contribution in [0.1, 0.15) is 107 Å². The minimum Gasteiger partial charge on any atom is -0.0955 e. The molecule has 0 unspecified atom stereocenters. The Hall–Kier alpha value is -8.32. The largest absolute Gasteiger partial charge is 0.0955 e. The van der Waals surface area contributed by atoms with Gasteiger partial charge in [0.15, 0.2) is 0 Å². The zero-order valence-corrected chi connectivity index (χ0v) is 51.1. The molecule has 0 radical (unpaired) electrons. The van der Waals surface area contributed by atoms with Crippen LogP contribution < -0.4 is 0 Å². The molecule has 80 heavy (non-hydrogen) atoms. The van der Waals surface area contributed by atoms with Gasteiger partial charge >= 0.3 is 0 Å². The van der Waals surface area contributed by atoms with E-state index in [1.165, 1.54) is 111 Å². The van der Waals surface area contributed by atoms with Gasteiger partial charge in [0.25, 0.3) is 0 Å². The summed E-state index contributed by atoms with van der Waals surface area (Å²) in [6.45, 7) is 39.6. The molecule has 10 aromatic carbocycles. The maximum atomic E-state index is 3.97. The third-order valence-corrected chi connectivity index (χ3v) is 13.2. The SMILES string of the molecule is C=C(C)c1ccc(-c2ccc(-c3ccccc3)cc2)cc1.C=C(C)c1cccc(-c2ccccc2)c1.CC.CC.CC(C)C.Cc1cc(C)cc(-c2ccccc2)c1.Cc1ccccc1-c1ccc(-c2ccccc2C)c(C)c1C. The van der Waals surface area contributed by atoms with Crippen molar-refractivity contribution in [1.82, 2.24) is 0 Å². The normalized spacial score (nSPS) is 9.90. The Morgan fingerprint density at radius 3 is 0.938 bits per heavy atom. The number of hydrogen-bond donors (Lipinski definition) is 0. The van der Waals surface area contributed by atoms with Crippen molar-refractivity contribution in [3.8, 4) is 66.8 Å². The van der Waals surface area contributed by atoms with Crippen LogP contribution in [0.15, 0.2) is 256 Å². The molecule has 0 saturated heterocycles. The Balaban J connectivity index is 0.000000223. The predicted molar refractivity (Wildman–Crippen MR) is 359 cm³/mol. The summed E-state index contributed by atoms with van der Waals surface area (Å²) in [5, 5.41) is 0. The fraction of sp³-hybridized carbons (Fsp3) is 0.200. The maximum absolute atomic E-state index is 3.97. The monoisotopic (exact) mass is 1050 g/mol. The highest BCUT2D eigenvalue weighted by Gasteiger charge is 2.12. The summed E-state index contributed by atoms with van der Waals surface area (Å²) in [4.78, 5) is 0. The molecular weight excluding hydrogens is 961 g/mol. The molecule has 0 spiro atoms. The van der Waals surface area contributed by atoms with Crippen molar-refractivity contribution in [2.45, 2.75) is 104 Å². The van der Waals surface area contributed by atoms with Gasteiger partial charge in [0.05, 0.1) is 0 Å². The van der Waals surface area contributed by atoms with E-state index in [0.29, 0.717) is 0 Å². The molecule has 0 nitrogen and oxygen atoms in total. The Labute approximate surface area is 485 Å². The van der Waals surface area contributed by atoms with Crippen LogP contribution in [0.5, 0.6) is 0 Å². The molecule has 0 saturated carbocycles. The summed E-state index contributed by atoms with van der Waals surface area (Å²) in [7, 11) is 0. The van der Waals surface area contributed by atoms with Gasteiger partial charge < -0.3 is 0 Å². The molecule has 0 aliphatic carbocycles. The van der Waals surface area contributed by atoms with Crippen molar-refractivity contribution in [3.63, 3.8) is 0 Å². The third-order valence-electron chi connectivity index (χ3n) is 13.2. The van der Waals surface area contributed by atoms with Gasteiger partial charge in [-0.3, -0.25) is 0 Å². The van der Waals surface area contributed by atoms with Crippen LogP contribution >= 0.6 is 0 Å². The first-order valence-electron chi connectivity index (χ1n) is 28.7. The van der Waals surface area contributed by atoms with E-state index in [1.807, 2.05) is 59.7 Å². The van der Waals surface area contributed by atoms with E-state index < -0.39 is 0 Å². The van der Waals surface area contributed by atoms with E-state index >= 15 is 0 Å². The van der Waals surface area contributed by atoms with Crippen LogP contribution in [0, 0.1) is 47.5 Å². The molecule has 0 aromatic heterocycles. The molecule has 0 amide bonds. The van der Waals surface area contributed by atoms with Gasteiger partial charge in [-0.1, -0.05) is 320 Å². The second-order valence-electron chi connectivity index (χ2n) is 20.5. The highest BCUT2D eigenvalue weighted by Crippen LogP contribution is 2.35. The van der Waals surface area contributed by atoms with Crippen LogP contribution in [0.4, 0.5) is 0 Å². The fourth-order valence-corrected chi connectivity index (χ4v) is 8.95. The summed E-state index contributed by atoms with van der Waals surface area (Å²) < 4.78 is 0. The van der Waals surface area contributed by atoms with E-state index in [0.717, 1.165) is 17.1 Å². The van der Waals surface area contributed by atoms with Gasteiger partial charge in [0.2, 0.25) is 0 Å². The van der Waals surface area contributed by atoms with Crippen molar-refractivity contribution < 1.29 is 0 Å². The van der Waals surface area contributed by atoms with Gasteiger partial charge in [-0.25, -0.2) is 0 Å². The Bertz CT molecular complexity index is 3310. The third kappa shape index (κ3) is 19.8. The average Bonchev–Trinajstić information content (AvgIpc) is 3.48. The molecule has 0 aliphatic rings. The minimum atomic E-state index is 0.833. The van der Waals surface area contributed by atoms with Crippen LogP contribution in [0.2, 0.25) is 0 Å². The molecule has 0 bridgehead atoms. The van der Waals surface area contributed by atoms with Crippen molar-refractivity contribution in [2.75, 3.05) is 0 Å². The first-order valence-corrected chi connectivity index (χ1v) is 28.7. The summed E-state index contributed by atoms with van der Waals surface area (Å²) in [5.74, 6) is 0.833. The molecule has 10 aromatic rings. The molecule has 0 heteroatoms. The molecule has 0 aliphatic heterocycles. The molecule has 0 heterocycles. The number of hydrogen-bond acceptors (Lipinski definition) is 0. The van der Waals surface area contributed by atoms with Gasteiger partial charge in [-0.05, 0) is 168 Å². The lowest BCUT2D eigenvalue weighted by Gasteiger charge is -2.16. The Morgan fingerprint density at radius 1 is 0.275 bits per heavy atom. The van der Waals surface area contributed by atoms with Crippen molar-refractivity contribution >= 4 is 11.1 Å². The van der Waals surface area contributed by atoms with E-state index in [-0.39, 0.29) is 0 Å². The maximum Gasteiger partial charge on any atom is -0.0149 e. The summed E-state index contributed by atoms with van der Waals surface area (Å²) in [6.07, 6.45) is 0. The second kappa shape index (κ2) is 33.9. The highest BCUT2D eigenvalue weighted by atomic mass is 14.2. The lowest BCUT2D eigenvalue weighted by Crippen LogP contribution is -1.94. The Morgan fingerprint density at radius 2 is 0.575 bits per heavy atom. The number of benzene rings is 10. The van der Waals surface area contributed by atoms with E-state index in [2.05, 4.69) is 300 Å². The first-order chi connectivity index (χ1) is 38.6. The molecular formula is C80H90. The van der Waals surface area contributed by atoms with E-state index in [1.54, 1.807) is 0 Å². The highest BCUT2D eigenvalue weighted by molar-refractivity contribution is 5.80. The molecule has 10 rings (SSSR count). The van der Waals surface area contributed by atoms with E-state index in [9.17, 15) is 0 Å². The van der Waals surface area contributed by atoms with Crippen molar-refractivity contribution in [1.29, 1.82) is 0 Å². The smallest absolute Gasteiger partial charge is 0.0149 e. The lowest BCUT2D eigenvalue weighted by molar-refractivity contribution is 0.737. The standard InChI is InChI=1S/C22H22.C21H18.C15H14.C14H14.C4H10.2C2H6/c1-15-9-5-7-11-19(15)21-13-14-22(18(4)17(21)3)20-12-8-6-10-16(20)2;1-16(2)17-8-10-20(11-9-17)21-14-12-19(13-15-21)18-6-4-3-5-7-18;1-12(2)14-9-6-10-15(11-14)13-7-4-3-5-8-13;1-11-8-12(2)10-14(9-11)13-6-4-3-5-7-13;1-4(2)3;2*1-2/h5-14H,1-4H3;3-15H,1H2,2H3;3-11H,1H2,2H3;3-10H,1-2H3;4H,1-3H3;2*1-2H3. The minimum absolute atomic E-state index is 0.833. The van der Waals surface area contributed by atoms with Crippen LogP contribution in [0.3, 0.4) is 0 Å². The van der Waals surface area contributed by atoms with Crippen LogP contribution in [-0.4, -0.2) is 0 Å². The number of rotatable bonds is 8. The van der Waals surface area contributed by atoms with Crippen LogP contribution in [-0.2, 0) is 0 Å². The summed E-state index contributed by atoms with van der Waals surface area (Å²) in [6, 6.07) is 85.5. The predicted octanol–water partition coefficient (Wildman–Crippen LogP) is 24.4. The molecule has 0 N–H and O–H groups in total. The van der Waals surface area contributed by atoms with Gasteiger partial charge in [0.1, 0.15) is 0 Å². The van der Waals surface area contributed by atoms with Gasteiger partial charge in [-0.2, -0.15) is 0 Å². The van der Waals surface area contributed by atoms with Gasteiger partial charge in [-0.15, -0.1) is 0 Å². The molecule has 0 atom stereocenters. The first kappa shape index (κ1) is 64.2. The van der Waals surface area contributed by atoms with E-state index in [4.69, 9.17) is 0 Å². The average molecular weight is 1050 g/mol. The quantitative estimate of drug-likeness (QED) is 0.142. The summed E-state index contributed by atoms with van der Waals surface area (Å²) >= 11 is 0. The van der Waals surface area contributed by atoms with Crippen molar-refractivity contribution in [3.05, 3.63) is 300 Å². The topological polar surface area (TPSA) is 0 Å². The number of allylic oxidation sites excluding steroid dienone is 2. The number of aryl methyl sites for hydroxylation is 4. The van der Waals surface area contributed by atoms with Gasteiger partial charge in [0, 0.05) is 0 Å². The summed E-state index contributed by atoms with van der Waals surface area (Å²) in [5.41, 5.74) is 28.1. The Kier molecular flexibility index (Phi) is 27.2. The zero-order valence-electron chi connectivity index (χ0n) is 51.1. The molecule has 0 fully saturated rings. The van der Waals surface area contributed by atoms with Crippen molar-refractivity contribution in [2.24, 2.45) is 5.92 Å².